The molecule has 2 aromatic heterocycles. The quantitative estimate of drug-likeness (QED) is 0.208. The number of carbonyl (C=O) groups is 1. The van der Waals surface area contributed by atoms with Crippen LogP contribution in [-0.2, 0) is 6.54 Å². The lowest BCUT2D eigenvalue weighted by atomic mass is 10.0. The Balaban J connectivity index is 1.68. The molecule has 0 spiro atoms. The standard InChI is InChI=1S/C22H25FN6O4/c1-14(30)11-26-22(31)18-13-28(12-17(18)15-3-5-16(23)6-4-15)10-2-9-25-20-8-7-19(29(32)33)21(24)27-20/h3-8,12-14,30H,2,9-11H2,1H3,(H,26,31)(H3,24,25,27)/t14-/m0/s1. The molecular weight excluding hydrogens is 431 g/mol. The molecule has 0 saturated carbocycles. The number of nitrogens with two attached hydrogens (primary N) is 1. The maximum atomic E-state index is 13.3. The highest BCUT2D eigenvalue weighted by Crippen LogP contribution is 2.26. The molecule has 1 aromatic carbocycles. The zero-order valence-corrected chi connectivity index (χ0v) is 18.0. The second-order valence-corrected chi connectivity index (χ2v) is 7.53. The number of carbonyl (C=O) groups excluding carboxylic acids is 1. The smallest absolute Gasteiger partial charge is 0.311 e. The van der Waals surface area contributed by atoms with Crippen molar-refractivity contribution in [1.82, 2.24) is 14.9 Å². The lowest BCUT2D eigenvalue weighted by Gasteiger charge is -2.08. The topological polar surface area (TPSA) is 148 Å². The van der Waals surface area contributed by atoms with Gasteiger partial charge in [0, 0.05) is 43.7 Å². The van der Waals surface area contributed by atoms with Gasteiger partial charge in [0.2, 0.25) is 5.82 Å². The second kappa shape index (κ2) is 10.6. The number of benzene rings is 1. The Kier molecular flexibility index (Phi) is 7.57. The van der Waals surface area contributed by atoms with Crippen molar-refractivity contribution < 1.29 is 19.2 Å². The third kappa shape index (κ3) is 6.26. The molecule has 1 atom stereocenters. The maximum Gasteiger partial charge on any atom is 0.311 e. The molecule has 174 valence electrons. The van der Waals surface area contributed by atoms with Gasteiger partial charge in [0.15, 0.2) is 0 Å². The van der Waals surface area contributed by atoms with Gasteiger partial charge in [-0.1, -0.05) is 12.1 Å². The Morgan fingerprint density at radius 2 is 2.00 bits per heavy atom. The van der Waals surface area contributed by atoms with Crippen molar-refractivity contribution >= 4 is 23.2 Å². The van der Waals surface area contributed by atoms with E-state index in [9.17, 15) is 24.4 Å². The minimum Gasteiger partial charge on any atom is -0.392 e. The SMILES string of the molecule is C[C@H](O)CNC(=O)c1cn(CCCNc2ccc([N+](=O)[O-])c(N)n2)cc1-c1ccc(F)cc1. The summed E-state index contributed by atoms with van der Waals surface area (Å²) in [7, 11) is 0. The first-order chi connectivity index (χ1) is 15.7. The number of nitrogens with zero attached hydrogens (tertiary/aromatic N) is 3. The zero-order valence-electron chi connectivity index (χ0n) is 18.0. The first-order valence-electron chi connectivity index (χ1n) is 10.3. The number of nitro groups is 1. The van der Waals surface area contributed by atoms with Crippen LogP contribution in [0.5, 0.6) is 0 Å². The molecule has 0 saturated heterocycles. The van der Waals surface area contributed by atoms with E-state index in [2.05, 4.69) is 15.6 Å². The second-order valence-electron chi connectivity index (χ2n) is 7.53. The Labute approximate surface area is 189 Å². The molecule has 2 heterocycles. The molecule has 0 radical (unpaired) electrons. The van der Waals surface area contributed by atoms with Gasteiger partial charge in [-0.05, 0) is 37.1 Å². The van der Waals surface area contributed by atoms with Crippen molar-refractivity contribution in [2.45, 2.75) is 26.0 Å². The number of hydrogen-bond donors (Lipinski definition) is 4. The summed E-state index contributed by atoms with van der Waals surface area (Å²) in [5, 5.41) is 26.0. The van der Waals surface area contributed by atoms with Crippen LogP contribution in [-0.4, -0.2) is 44.7 Å². The summed E-state index contributed by atoms with van der Waals surface area (Å²) in [4.78, 5) is 26.9. The van der Waals surface area contributed by atoms with E-state index in [0.29, 0.717) is 42.0 Å². The van der Waals surface area contributed by atoms with Gasteiger partial charge in [-0.2, -0.15) is 0 Å². The lowest BCUT2D eigenvalue weighted by molar-refractivity contribution is -0.384. The van der Waals surface area contributed by atoms with Crippen molar-refractivity contribution in [1.29, 1.82) is 0 Å². The van der Waals surface area contributed by atoms with E-state index < -0.39 is 11.0 Å². The molecule has 10 nitrogen and oxygen atoms in total. The molecule has 0 fully saturated rings. The monoisotopic (exact) mass is 456 g/mol. The summed E-state index contributed by atoms with van der Waals surface area (Å²) < 4.78 is 15.2. The van der Waals surface area contributed by atoms with Crippen molar-refractivity contribution in [2.75, 3.05) is 24.1 Å². The highest BCUT2D eigenvalue weighted by molar-refractivity contribution is 6.00. The van der Waals surface area contributed by atoms with E-state index in [1.165, 1.54) is 24.3 Å². The summed E-state index contributed by atoms with van der Waals surface area (Å²) in [6.45, 7) is 2.76. The van der Waals surface area contributed by atoms with E-state index in [4.69, 9.17) is 5.73 Å². The molecule has 33 heavy (non-hydrogen) atoms. The van der Waals surface area contributed by atoms with E-state index in [1.807, 2.05) is 10.8 Å². The molecule has 0 unspecified atom stereocenters. The number of aryl methyl sites for hydroxylation is 1. The van der Waals surface area contributed by atoms with Gasteiger partial charge in [-0.3, -0.25) is 14.9 Å². The molecule has 11 heteroatoms. The lowest BCUT2D eigenvalue weighted by Crippen LogP contribution is -2.30. The summed E-state index contributed by atoms with van der Waals surface area (Å²) in [5.74, 6) is -0.439. The largest absolute Gasteiger partial charge is 0.392 e. The number of aromatic nitrogens is 2. The van der Waals surface area contributed by atoms with Crippen molar-refractivity contribution in [2.24, 2.45) is 0 Å². The van der Waals surface area contributed by atoms with Crippen LogP contribution in [0, 0.1) is 15.9 Å². The normalized spacial score (nSPS) is 11.7. The third-order valence-corrected chi connectivity index (χ3v) is 4.84. The highest BCUT2D eigenvalue weighted by Gasteiger charge is 2.17. The van der Waals surface area contributed by atoms with E-state index in [1.54, 1.807) is 25.3 Å². The van der Waals surface area contributed by atoms with Crippen LogP contribution < -0.4 is 16.4 Å². The highest BCUT2D eigenvalue weighted by atomic mass is 19.1. The van der Waals surface area contributed by atoms with Crippen LogP contribution in [0.25, 0.3) is 11.1 Å². The number of aliphatic hydroxyl groups excluding tert-OH is 1. The Morgan fingerprint density at radius 1 is 1.27 bits per heavy atom. The van der Waals surface area contributed by atoms with E-state index >= 15 is 0 Å². The first-order valence-corrected chi connectivity index (χ1v) is 10.3. The van der Waals surface area contributed by atoms with Gasteiger partial charge < -0.3 is 26.0 Å². The number of pyridine rings is 1. The van der Waals surface area contributed by atoms with Crippen LogP contribution in [0.4, 0.5) is 21.7 Å². The van der Waals surface area contributed by atoms with E-state index in [-0.39, 0.29) is 29.8 Å². The number of halogens is 1. The number of amides is 1. The molecule has 0 aliphatic carbocycles. The van der Waals surface area contributed by atoms with Gasteiger partial charge >= 0.3 is 5.69 Å². The van der Waals surface area contributed by atoms with Crippen LogP contribution in [0.1, 0.15) is 23.7 Å². The maximum absolute atomic E-state index is 13.3. The predicted molar refractivity (Wildman–Crippen MR) is 122 cm³/mol. The van der Waals surface area contributed by atoms with Crippen LogP contribution in [0.2, 0.25) is 0 Å². The van der Waals surface area contributed by atoms with Gasteiger partial charge in [0.05, 0.1) is 16.6 Å². The van der Waals surface area contributed by atoms with Crippen molar-refractivity contribution in [3.63, 3.8) is 0 Å². The molecule has 0 bridgehead atoms. The third-order valence-electron chi connectivity index (χ3n) is 4.84. The van der Waals surface area contributed by atoms with Gasteiger partial charge in [-0.25, -0.2) is 9.37 Å². The summed E-state index contributed by atoms with van der Waals surface area (Å²) >= 11 is 0. The predicted octanol–water partition coefficient (Wildman–Crippen LogP) is 2.79. The zero-order chi connectivity index (χ0) is 24.0. The van der Waals surface area contributed by atoms with Gasteiger partial charge in [0.1, 0.15) is 11.6 Å². The number of nitrogens with one attached hydrogen (secondary N) is 2. The molecule has 5 N–H and O–H groups in total. The average Bonchev–Trinajstić information content (AvgIpc) is 3.19. The fourth-order valence-electron chi connectivity index (χ4n) is 3.21. The number of aliphatic hydroxyl groups is 1. The fourth-order valence-corrected chi connectivity index (χ4v) is 3.21. The number of nitrogen functional groups attached to an aromatic ring is 1. The fraction of sp³-hybridized carbons (Fsp3) is 0.273. The number of rotatable bonds is 10. The molecule has 3 rings (SSSR count). The van der Waals surface area contributed by atoms with Crippen LogP contribution >= 0.6 is 0 Å². The first kappa shape index (κ1) is 23.7. The molecular formula is C22H25FN6O4. The molecule has 3 aromatic rings. The molecule has 1 amide bonds. The average molecular weight is 456 g/mol. The van der Waals surface area contributed by atoms with Crippen molar-refractivity contribution in [3.05, 3.63) is 70.3 Å². The van der Waals surface area contributed by atoms with Crippen LogP contribution in [0.3, 0.4) is 0 Å². The number of hydrogen-bond acceptors (Lipinski definition) is 7. The Hall–Kier alpha value is -3.99. The summed E-state index contributed by atoms with van der Waals surface area (Å²) in [6, 6.07) is 8.65. The Morgan fingerprint density at radius 3 is 2.64 bits per heavy atom. The van der Waals surface area contributed by atoms with Crippen molar-refractivity contribution in [3.8, 4) is 11.1 Å². The minimum absolute atomic E-state index is 0.113. The molecule has 0 aliphatic rings. The summed E-state index contributed by atoms with van der Waals surface area (Å²) in [6.07, 6.45) is 3.49. The van der Waals surface area contributed by atoms with Gasteiger partial charge in [-0.15, -0.1) is 0 Å². The molecule has 0 aliphatic heterocycles. The van der Waals surface area contributed by atoms with Crippen LogP contribution in [0.15, 0.2) is 48.8 Å². The minimum atomic E-state index is -0.682. The van der Waals surface area contributed by atoms with E-state index in [0.717, 1.165) is 0 Å². The van der Waals surface area contributed by atoms with Gasteiger partial charge in [0.25, 0.3) is 5.91 Å². The Bertz CT molecular complexity index is 1130. The number of anilines is 2. The summed E-state index contributed by atoms with van der Waals surface area (Å²) in [5.41, 5.74) is 7.11.